The quantitative estimate of drug-likeness (QED) is 0.418. The highest BCUT2D eigenvalue weighted by atomic mass is 32.1. The fraction of sp³-hybridized carbons (Fsp3) is 0.308. The number of fused-ring (bicyclic) bond motifs is 1. The second-order valence-corrected chi connectivity index (χ2v) is 9.05. The first kappa shape index (κ1) is 20.8. The smallest absolute Gasteiger partial charge is 0.228 e. The number of hydrogen-bond donors (Lipinski definition) is 1. The minimum atomic E-state index is 0.164. The lowest BCUT2D eigenvalue weighted by Gasteiger charge is -2.32. The molecule has 2 aromatic heterocycles. The van der Waals surface area contributed by atoms with Crippen molar-refractivity contribution in [3.05, 3.63) is 71.4 Å². The molecular weight excluding hydrogens is 418 g/mol. The van der Waals surface area contributed by atoms with Crippen LogP contribution >= 0.6 is 11.3 Å². The van der Waals surface area contributed by atoms with Gasteiger partial charge < -0.3 is 14.6 Å². The number of amides is 1. The number of nitrogens with zero attached hydrogens (tertiary/aromatic N) is 2. The Hall–Kier alpha value is -3.12. The average molecular weight is 446 g/mol. The van der Waals surface area contributed by atoms with E-state index in [1.807, 2.05) is 41.5 Å². The molecule has 0 unspecified atom stereocenters. The Balaban J connectivity index is 1.22. The van der Waals surface area contributed by atoms with Crippen LogP contribution in [0.2, 0.25) is 0 Å². The highest BCUT2D eigenvalue weighted by Crippen LogP contribution is 2.34. The number of piperidine rings is 1. The summed E-state index contributed by atoms with van der Waals surface area (Å²) in [5.74, 6) is 1.50. The largest absolute Gasteiger partial charge is 0.493 e. The third-order valence-electron chi connectivity index (χ3n) is 6.21. The molecular formula is C26H27N3O2S. The Morgan fingerprint density at radius 3 is 2.78 bits per heavy atom. The van der Waals surface area contributed by atoms with Crippen LogP contribution in [0.15, 0.2) is 60.1 Å². The topological polar surface area (TPSA) is 58.2 Å². The molecule has 0 atom stereocenters. The average Bonchev–Trinajstić information content (AvgIpc) is 3.47. The van der Waals surface area contributed by atoms with Gasteiger partial charge in [0.15, 0.2) is 0 Å². The van der Waals surface area contributed by atoms with Crippen LogP contribution in [-0.4, -0.2) is 40.5 Å². The second kappa shape index (κ2) is 9.17. The van der Waals surface area contributed by atoms with Gasteiger partial charge in [0.05, 0.1) is 24.3 Å². The maximum atomic E-state index is 12.9. The minimum absolute atomic E-state index is 0.164. The van der Waals surface area contributed by atoms with Gasteiger partial charge in [0, 0.05) is 35.6 Å². The van der Waals surface area contributed by atoms with Gasteiger partial charge in [-0.25, -0.2) is 4.98 Å². The molecule has 1 aliphatic rings. The molecule has 0 radical (unpaired) electrons. The van der Waals surface area contributed by atoms with Crippen LogP contribution in [0.4, 0.5) is 0 Å². The molecule has 1 fully saturated rings. The lowest BCUT2D eigenvalue weighted by Crippen LogP contribution is -2.38. The molecule has 1 aliphatic heterocycles. The van der Waals surface area contributed by atoms with Crippen LogP contribution in [-0.2, 0) is 11.2 Å². The molecule has 1 N–H and O–H groups in total. The highest BCUT2D eigenvalue weighted by molar-refractivity contribution is 7.13. The number of aromatic amines is 1. The van der Waals surface area contributed by atoms with Crippen molar-refractivity contribution in [2.45, 2.75) is 32.1 Å². The summed E-state index contributed by atoms with van der Waals surface area (Å²) in [6.07, 6.45) is 4.49. The van der Waals surface area contributed by atoms with Crippen molar-refractivity contribution < 1.29 is 9.53 Å². The summed E-state index contributed by atoms with van der Waals surface area (Å²) in [5.41, 5.74) is 4.38. The van der Waals surface area contributed by atoms with E-state index in [0.29, 0.717) is 18.9 Å². The number of likely N-dealkylation sites (tertiary alicyclic amines) is 1. The number of aromatic nitrogens is 2. The van der Waals surface area contributed by atoms with Crippen LogP contribution < -0.4 is 4.74 Å². The van der Waals surface area contributed by atoms with Gasteiger partial charge in [0.1, 0.15) is 10.8 Å². The van der Waals surface area contributed by atoms with Crippen LogP contribution in [0.1, 0.15) is 36.9 Å². The van der Waals surface area contributed by atoms with Crippen LogP contribution in [0.3, 0.4) is 0 Å². The third kappa shape index (κ3) is 4.15. The maximum Gasteiger partial charge on any atom is 0.228 e. The van der Waals surface area contributed by atoms with E-state index in [9.17, 15) is 4.79 Å². The van der Waals surface area contributed by atoms with Crippen molar-refractivity contribution in [3.63, 3.8) is 0 Å². The standard InChI is InChI=1S/C26H27N3O2S/c1-2-31-24-10-6-4-8-21(24)26-28-19(17-32-26)15-25(30)29-13-11-18(12-14-29)22-16-27-23-9-5-3-7-20(22)23/h3-10,16-18,27H,2,11-15H2,1H3. The molecule has 2 aromatic carbocycles. The number of hydrogen-bond acceptors (Lipinski definition) is 4. The molecule has 6 heteroatoms. The number of rotatable bonds is 6. The summed E-state index contributed by atoms with van der Waals surface area (Å²) in [5, 5.41) is 4.20. The number of carbonyl (C=O) groups excluding carboxylic acids is 1. The lowest BCUT2D eigenvalue weighted by atomic mass is 9.89. The molecule has 5 nitrogen and oxygen atoms in total. The van der Waals surface area contributed by atoms with E-state index in [1.54, 1.807) is 11.3 Å². The van der Waals surface area contributed by atoms with Crippen LogP contribution in [0.25, 0.3) is 21.5 Å². The van der Waals surface area contributed by atoms with E-state index in [0.717, 1.165) is 47.9 Å². The van der Waals surface area contributed by atoms with Crippen LogP contribution in [0.5, 0.6) is 5.75 Å². The number of ether oxygens (including phenoxy) is 1. The van der Waals surface area contributed by atoms with Crippen molar-refractivity contribution in [1.82, 2.24) is 14.9 Å². The fourth-order valence-electron chi connectivity index (χ4n) is 4.57. The Morgan fingerprint density at radius 2 is 1.94 bits per heavy atom. The first-order valence-corrected chi connectivity index (χ1v) is 12.1. The predicted molar refractivity (Wildman–Crippen MR) is 129 cm³/mol. The van der Waals surface area contributed by atoms with E-state index in [1.165, 1.54) is 16.5 Å². The molecule has 3 heterocycles. The Kier molecular flexibility index (Phi) is 5.95. The first-order chi connectivity index (χ1) is 15.7. The Labute approximate surface area is 192 Å². The predicted octanol–water partition coefficient (Wildman–Crippen LogP) is 5.64. The van der Waals surface area contributed by atoms with Gasteiger partial charge in [0.2, 0.25) is 5.91 Å². The molecule has 4 aromatic rings. The second-order valence-electron chi connectivity index (χ2n) is 8.19. The zero-order valence-electron chi connectivity index (χ0n) is 18.2. The number of para-hydroxylation sites is 2. The molecule has 1 amide bonds. The molecule has 1 saturated heterocycles. The zero-order chi connectivity index (χ0) is 21.9. The number of nitrogens with one attached hydrogen (secondary N) is 1. The van der Waals surface area contributed by atoms with E-state index in [4.69, 9.17) is 9.72 Å². The van der Waals surface area contributed by atoms with E-state index in [-0.39, 0.29) is 5.91 Å². The van der Waals surface area contributed by atoms with E-state index in [2.05, 4.69) is 35.4 Å². The molecule has 0 spiro atoms. The number of carbonyl (C=O) groups is 1. The number of H-pyrrole nitrogens is 1. The van der Waals surface area contributed by atoms with Crippen LogP contribution in [0, 0.1) is 0 Å². The zero-order valence-corrected chi connectivity index (χ0v) is 19.0. The fourth-order valence-corrected chi connectivity index (χ4v) is 5.42. The van der Waals surface area contributed by atoms with E-state index >= 15 is 0 Å². The molecule has 0 saturated carbocycles. The van der Waals surface area contributed by atoms with Gasteiger partial charge >= 0.3 is 0 Å². The molecule has 0 aliphatic carbocycles. The highest BCUT2D eigenvalue weighted by Gasteiger charge is 2.26. The van der Waals surface area contributed by atoms with Gasteiger partial charge in [-0.1, -0.05) is 30.3 Å². The first-order valence-electron chi connectivity index (χ1n) is 11.2. The maximum absolute atomic E-state index is 12.9. The van der Waals surface area contributed by atoms with Crippen molar-refractivity contribution in [2.24, 2.45) is 0 Å². The third-order valence-corrected chi connectivity index (χ3v) is 7.13. The lowest BCUT2D eigenvalue weighted by molar-refractivity contribution is -0.131. The molecule has 0 bridgehead atoms. The number of thiazole rings is 1. The minimum Gasteiger partial charge on any atom is -0.493 e. The van der Waals surface area contributed by atoms with Gasteiger partial charge in [0.25, 0.3) is 0 Å². The van der Waals surface area contributed by atoms with Gasteiger partial charge in [-0.15, -0.1) is 11.3 Å². The summed E-state index contributed by atoms with van der Waals surface area (Å²) in [6.45, 7) is 4.19. The summed E-state index contributed by atoms with van der Waals surface area (Å²) < 4.78 is 5.73. The monoisotopic (exact) mass is 445 g/mol. The normalized spacial score (nSPS) is 14.7. The Bertz CT molecular complexity index is 1220. The van der Waals surface area contributed by atoms with E-state index < -0.39 is 0 Å². The summed E-state index contributed by atoms with van der Waals surface area (Å²) in [4.78, 5) is 23.1. The Morgan fingerprint density at radius 1 is 1.16 bits per heavy atom. The van der Waals surface area contributed by atoms with Gasteiger partial charge in [-0.2, -0.15) is 0 Å². The summed E-state index contributed by atoms with van der Waals surface area (Å²) >= 11 is 1.57. The van der Waals surface area contributed by atoms with Gasteiger partial charge in [-0.3, -0.25) is 4.79 Å². The molecule has 5 rings (SSSR count). The van der Waals surface area contributed by atoms with Gasteiger partial charge in [-0.05, 0) is 49.4 Å². The summed E-state index contributed by atoms with van der Waals surface area (Å²) in [6, 6.07) is 16.4. The van der Waals surface area contributed by atoms with Crippen molar-refractivity contribution in [1.29, 1.82) is 0 Å². The number of benzene rings is 2. The van der Waals surface area contributed by atoms with Crippen molar-refractivity contribution in [2.75, 3.05) is 19.7 Å². The SMILES string of the molecule is CCOc1ccccc1-c1nc(CC(=O)N2CCC(c3c[nH]c4ccccc34)CC2)cs1. The summed E-state index contributed by atoms with van der Waals surface area (Å²) in [7, 11) is 0. The van der Waals surface area contributed by atoms with Crippen molar-refractivity contribution >= 4 is 28.1 Å². The molecule has 164 valence electrons. The molecule has 32 heavy (non-hydrogen) atoms. The van der Waals surface area contributed by atoms with Crippen molar-refractivity contribution in [3.8, 4) is 16.3 Å².